The molecule has 0 aliphatic carbocycles. The van der Waals surface area contributed by atoms with E-state index in [4.69, 9.17) is 0 Å². The third-order valence-corrected chi connectivity index (χ3v) is 6.50. The first-order chi connectivity index (χ1) is 14.8. The van der Waals surface area contributed by atoms with Gasteiger partial charge >= 0.3 is 0 Å². The largest absolute Gasteiger partial charge is 0.345 e. The minimum atomic E-state index is -0.249. The lowest BCUT2D eigenvalue weighted by Crippen LogP contribution is -2.30. The molecule has 3 aromatic heterocycles. The van der Waals surface area contributed by atoms with Crippen LogP contribution in [-0.2, 0) is 11.2 Å². The van der Waals surface area contributed by atoms with E-state index in [0.29, 0.717) is 0 Å². The van der Waals surface area contributed by atoms with Crippen molar-refractivity contribution in [3.63, 3.8) is 0 Å². The zero-order valence-corrected chi connectivity index (χ0v) is 17.5. The highest BCUT2D eigenvalue weighted by atomic mass is 32.1. The molecule has 0 saturated heterocycles. The highest BCUT2D eigenvalue weighted by molar-refractivity contribution is 7.14. The van der Waals surface area contributed by atoms with Crippen LogP contribution in [0.3, 0.4) is 0 Å². The summed E-state index contributed by atoms with van der Waals surface area (Å²) >= 11 is 3.21. The van der Waals surface area contributed by atoms with Crippen LogP contribution < -0.4 is 5.32 Å². The number of thiazole rings is 1. The average Bonchev–Trinajstić information content (AvgIpc) is 3.53. The molecule has 30 heavy (non-hydrogen) atoms. The van der Waals surface area contributed by atoms with E-state index in [9.17, 15) is 4.79 Å². The van der Waals surface area contributed by atoms with Gasteiger partial charge in [-0.3, -0.25) is 4.79 Å². The fraction of sp³-hybridized carbons (Fsp3) is 0.0870. The maximum absolute atomic E-state index is 12.9. The van der Waals surface area contributed by atoms with Gasteiger partial charge in [0.2, 0.25) is 5.91 Å². The van der Waals surface area contributed by atoms with E-state index in [1.54, 1.807) is 29.0 Å². The van der Waals surface area contributed by atoms with Crippen molar-refractivity contribution in [2.75, 3.05) is 0 Å². The van der Waals surface area contributed by atoms with Crippen molar-refractivity contribution >= 4 is 39.6 Å². The molecule has 2 aromatic carbocycles. The summed E-state index contributed by atoms with van der Waals surface area (Å²) in [4.78, 5) is 25.0. The molecule has 0 radical (unpaired) electrons. The molecule has 0 unspecified atom stereocenters. The number of nitrogens with one attached hydrogen (secondary N) is 2. The number of aromatic nitrogens is 3. The Bertz CT molecular complexity index is 1280. The predicted molar refractivity (Wildman–Crippen MR) is 122 cm³/mol. The van der Waals surface area contributed by atoms with E-state index >= 15 is 0 Å². The fourth-order valence-electron chi connectivity index (χ4n) is 3.42. The quantitative estimate of drug-likeness (QED) is 0.389. The van der Waals surface area contributed by atoms with Crippen molar-refractivity contribution < 1.29 is 4.79 Å². The number of carbonyl (C=O) groups is 1. The molecule has 0 aliphatic rings. The highest BCUT2D eigenvalue weighted by Gasteiger charge is 2.19. The molecule has 1 atom stereocenters. The van der Waals surface area contributed by atoms with E-state index in [-0.39, 0.29) is 18.4 Å². The van der Waals surface area contributed by atoms with Gasteiger partial charge in [-0.1, -0.05) is 36.4 Å². The van der Waals surface area contributed by atoms with Crippen LogP contribution in [0.4, 0.5) is 0 Å². The average molecular weight is 431 g/mol. The Balaban J connectivity index is 1.39. The Kier molecular flexibility index (Phi) is 5.13. The second-order valence-electron chi connectivity index (χ2n) is 6.92. The van der Waals surface area contributed by atoms with Crippen molar-refractivity contribution in [1.82, 2.24) is 20.3 Å². The molecule has 0 saturated carbocycles. The number of amides is 1. The molecular formula is C23H18N4OS2. The van der Waals surface area contributed by atoms with E-state index in [1.165, 1.54) is 0 Å². The molecule has 148 valence electrons. The van der Waals surface area contributed by atoms with E-state index < -0.39 is 0 Å². The number of nitrogens with zero attached hydrogens (tertiary/aromatic N) is 2. The number of rotatable bonds is 6. The third-order valence-electron chi connectivity index (χ3n) is 4.88. The monoisotopic (exact) mass is 430 g/mol. The maximum Gasteiger partial charge on any atom is 0.226 e. The Hall–Kier alpha value is -3.29. The molecule has 3 heterocycles. The summed E-state index contributed by atoms with van der Waals surface area (Å²) in [5, 5.41) is 10.2. The number of thiophene rings is 1. The second-order valence-corrected chi connectivity index (χ2v) is 8.56. The van der Waals surface area contributed by atoms with Gasteiger partial charge in [0.15, 0.2) is 0 Å². The van der Waals surface area contributed by atoms with E-state index in [1.807, 2.05) is 65.4 Å². The summed E-state index contributed by atoms with van der Waals surface area (Å²) in [6, 6.07) is 17.8. The van der Waals surface area contributed by atoms with Crippen molar-refractivity contribution in [1.29, 1.82) is 0 Å². The van der Waals surface area contributed by atoms with Crippen LogP contribution in [0.2, 0.25) is 0 Å². The Morgan fingerprint density at radius 2 is 1.97 bits per heavy atom. The predicted octanol–water partition coefficient (Wildman–Crippen LogP) is 5.20. The molecule has 2 N–H and O–H groups in total. The lowest BCUT2D eigenvalue weighted by atomic mass is 9.98. The number of benzene rings is 2. The number of hydrogen-bond donors (Lipinski definition) is 2. The number of hydrogen-bond acceptors (Lipinski definition) is 5. The minimum absolute atomic E-state index is 0.0595. The molecule has 1 amide bonds. The van der Waals surface area contributed by atoms with Gasteiger partial charge in [-0.15, -0.1) is 11.3 Å². The normalized spacial score (nSPS) is 12.1. The summed E-state index contributed by atoms with van der Waals surface area (Å²) in [6.45, 7) is 0. The van der Waals surface area contributed by atoms with Crippen molar-refractivity contribution in [2.24, 2.45) is 0 Å². The molecule has 5 rings (SSSR count). The third kappa shape index (κ3) is 3.90. The molecule has 5 nitrogen and oxygen atoms in total. The lowest BCUT2D eigenvalue weighted by Gasteiger charge is -2.20. The number of H-pyrrole nitrogens is 1. The molecule has 0 bridgehead atoms. The van der Waals surface area contributed by atoms with Gasteiger partial charge in [0.05, 0.1) is 35.5 Å². The van der Waals surface area contributed by atoms with Crippen LogP contribution in [0.25, 0.3) is 21.6 Å². The highest BCUT2D eigenvalue weighted by Crippen LogP contribution is 2.27. The Labute approximate surface area is 181 Å². The summed E-state index contributed by atoms with van der Waals surface area (Å²) in [5.41, 5.74) is 5.77. The van der Waals surface area contributed by atoms with Crippen molar-refractivity contribution in [2.45, 2.75) is 12.5 Å². The summed E-state index contributed by atoms with van der Waals surface area (Å²) in [7, 11) is 0. The zero-order chi connectivity index (χ0) is 20.3. The van der Waals surface area contributed by atoms with Crippen LogP contribution in [-0.4, -0.2) is 20.9 Å². The fourth-order valence-corrected chi connectivity index (χ4v) is 4.95. The summed E-state index contributed by atoms with van der Waals surface area (Å²) in [5.74, 6) is -0.0595. The van der Waals surface area contributed by atoms with E-state index in [0.717, 1.165) is 38.4 Å². The first-order valence-corrected chi connectivity index (χ1v) is 11.3. The van der Waals surface area contributed by atoms with E-state index in [2.05, 4.69) is 25.6 Å². The van der Waals surface area contributed by atoms with Gasteiger partial charge in [0, 0.05) is 16.3 Å². The van der Waals surface area contributed by atoms with Crippen LogP contribution in [0.5, 0.6) is 0 Å². The number of aromatic amines is 1. The maximum atomic E-state index is 12.9. The minimum Gasteiger partial charge on any atom is -0.345 e. The molecule has 0 aliphatic heterocycles. The first kappa shape index (κ1) is 18.7. The van der Waals surface area contributed by atoms with Gasteiger partial charge < -0.3 is 10.3 Å². The summed E-state index contributed by atoms with van der Waals surface area (Å²) in [6.07, 6.45) is 1.92. The summed E-state index contributed by atoms with van der Waals surface area (Å²) < 4.78 is 0. The van der Waals surface area contributed by atoms with Crippen molar-refractivity contribution in [3.8, 4) is 10.6 Å². The zero-order valence-electron chi connectivity index (χ0n) is 15.9. The number of fused-ring (bicyclic) bond motifs is 1. The Morgan fingerprint density at radius 1 is 1.07 bits per heavy atom. The molecular weight excluding hydrogens is 412 g/mol. The topological polar surface area (TPSA) is 70.7 Å². The molecule has 0 spiro atoms. The molecule has 7 heteroatoms. The number of carbonyl (C=O) groups excluding carboxylic acids is 1. The smallest absolute Gasteiger partial charge is 0.226 e. The molecule has 5 aromatic rings. The standard InChI is InChI=1S/C23H18N4OS2/c28-21(11-18-13-30-23(26-18)17-8-9-29-12-17)27-22(15-4-2-1-3-5-15)16-6-7-19-20(10-16)25-14-24-19/h1-10,12-14,22H,11H2,(H,24,25)(H,27,28)/t22-/m0/s1. The van der Waals surface area contributed by atoms with Crippen LogP contribution in [0.1, 0.15) is 22.9 Å². The first-order valence-electron chi connectivity index (χ1n) is 9.50. The lowest BCUT2D eigenvalue weighted by molar-refractivity contribution is -0.121. The van der Waals surface area contributed by atoms with Crippen LogP contribution in [0, 0.1) is 0 Å². The molecule has 0 fully saturated rings. The SMILES string of the molecule is O=C(Cc1csc(-c2ccsc2)n1)N[C@@H](c1ccccc1)c1ccc2nc[nH]c2c1. The van der Waals surface area contributed by atoms with Gasteiger partial charge in [0.25, 0.3) is 0 Å². The van der Waals surface area contributed by atoms with Crippen molar-refractivity contribution in [3.05, 3.63) is 93.9 Å². The van der Waals surface area contributed by atoms with Gasteiger partial charge in [-0.25, -0.2) is 9.97 Å². The van der Waals surface area contributed by atoms with Crippen LogP contribution >= 0.6 is 22.7 Å². The van der Waals surface area contributed by atoms with Gasteiger partial charge in [-0.2, -0.15) is 11.3 Å². The van der Waals surface area contributed by atoms with Crippen LogP contribution in [0.15, 0.2) is 77.1 Å². The number of imidazole rings is 1. The van der Waals surface area contributed by atoms with Gasteiger partial charge in [0.1, 0.15) is 5.01 Å². The Morgan fingerprint density at radius 3 is 2.80 bits per heavy atom. The second kappa shape index (κ2) is 8.22. The van der Waals surface area contributed by atoms with Gasteiger partial charge in [-0.05, 0) is 34.7 Å².